The van der Waals surface area contributed by atoms with Crippen LogP contribution in [0.15, 0.2) is 18.2 Å². The van der Waals surface area contributed by atoms with Gasteiger partial charge in [-0.2, -0.15) is 0 Å². The molecule has 4 nitrogen and oxygen atoms in total. The predicted molar refractivity (Wildman–Crippen MR) is 67.0 cm³/mol. The normalized spacial score (nSPS) is 14.1. The van der Waals surface area contributed by atoms with E-state index in [-0.39, 0.29) is 12.0 Å². The van der Waals surface area contributed by atoms with Crippen molar-refractivity contribution in [2.45, 2.75) is 19.3 Å². The molecular weight excluding hydrogens is 268 g/mol. The first kappa shape index (κ1) is 14.4. The number of hydrogen-bond donors (Lipinski definition) is 1. The second-order valence-electron chi connectivity index (χ2n) is 5.00. The van der Waals surface area contributed by atoms with Crippen LogP contribution in [0.3, 0.4) is 0 Å². The minimum absolute atomic E-state index is 0.0545. The first-order valence-electron chi connectivity index (χ1n) is 6.40. The highest BCUT2D eigenvalue weighted by molar-refractivity contribution is 5.83. The van der Waals surface area contributed by atoms with Crippen LogP contribution in [0.4, 0.5) is 8.78 Å². The SMILES string of the molecule is O=C(O)CN(CC1CC1)C(=O)Cc1cccc(F)c1F. The van der Waals surface area contributed by atoms with Gasteiger partial charge in [0.25, 0.3) is 0 Å². The van der Waals surface area contributed by atoms with Crippen LogP contribution in [0, 0.1) is 17.6 Å². The molecule has 108 valence electrons. The van der Waals surface area contributed by atoms with Gasteiger partial charge in [0.05, 0.1) is 6.42 Å². The van der Waals surface area contributed by atoms with E-state index in [0.29, 0.717) is 12.5 Å². The Hall–Kier alpha value is -1.98. The molecule has 0 aromatic heterocycles. The van der Waals surface area contributed by atoms with Gasteiger partial charge in [0, 0.05) is 12.1 Å². The molecule has 0 atom stereocenters. The molecule has 0 unspecified atom stereocenters. The van der Waals surface area contributed by atoms with Crippen LogP contribution in [0.2, 0.25) is 0 Å². The summed E-state index contributed by atoms with van der Waals surface area (Å²) in [5, 5.41) is 8.80. The Morgan fingerprint density at radius 1 is 1.30 bits per heavy atom. The van der Waals surface area contributed by atoms with Gasteiger partial charge in [0.2, 0.25) is 5.91 Å². The van der Waals surface area contributed by atoms with Crippen molar-refractivity contribution in [1.82, 2.24) is 4.90 Å². The van der Waals surface area contributed by atoms with Gasteiger partial charge in [0.15, 0.2) is 11.6 Å². The number of aliphatic carboxylic acids is 1. The summed E-state index contributed by atoms with van der Waals surface area (Å²) >= 11 is 0. The first-order valence-corrected chi connectivity index (χ1v) is 6.40. The van der Waals surface area contributed by atoms with Gasteiger partial charge in [-0.15, -0.1) is 0 Å². The Morgan fingerprint density at radius 2 is 2.00 bits per heavy atom. The zero-order chi connectivity index (χ0) is 14.7. The molecule has 1 aliphatic rings. The molecule has 0 radical (unpaired) electrons. The van der Waals surface area contributed by atoms with E-state index in [0.717, 1.165) is 18.9 Å². The largest absolute Gasteiger partial charge is 0.480 e. The number of carbonyl (C=O) groups excluding carboxylic acids is 1. The number of hydrogen-bond acceptors (Lipinski definition) is 2. The molecule has 1 aromatic carbocycles. The van der Waals surface area contributed by atoms with Gasteiger partial charge in [-0.05, 0) is 24.8 Å². The van der Waals surface area contributed by atoms with Crippen molar-refractivity contribution in [3.8, 4) is 0 Å². The highest BCUT2D eigenvalue weighted by atomic mass is 19.2. The molecule has 2 rings (SSSR count). The number of carboxylic acids is 1. The van der Waals surface area contributed by atoms with E-state index in [1.165, 1.54) is 17.0 Å². The quantitative estimate of drug-likeness (QED) is 0.866. The topological polar surface area (TPSA) is 57.6 Å². The molecule has 1 aromatic rings. The molecule has 0 aliphatic heterocycles. The van der Waals surface area contributed by atoms with Crippen molar-refractivity contribution in [3.05, 3.63) is 35.4 Å². The molecular formula is C14H15F2NO3. The number of carbonyl (C=O) groups is 2. The van der Waals surface area contributed by atoms with Crippen molar-refractivity contribution in [2.24, 2.45) is 5.92 Å². The Labute approximate surface area is 115 Å². The molecule has 1 fully saturated rings. The Bertz CT molecular complexity index is 529. The first-order chi connectivity index (χ1) is 9.47. The average molecular weight is 283 g/mol. The lowest BCUT2D eigenvalue weighted by atomic mass is 10.1. The van der Waals surface area contributed by atoms with Gasteiger partial charge in [0.1, 0.15) is 6.54 Å². The van der Waals surface area contributed by atoms with Crippen LogP contribution >= 0.6 is 0 Å². The molecule has 1 aliphatic carbocycles. The van der Waals surface area contributed by atoms with Crippen LogP contribution < -0.4 is 0 Å². The molecule has 20 heavy (non-hydrogen) atoms. The van der Waals surface area contributed by atoms with Gasteiger partial charge < -0.3 is 10.0 Å². The number of halogens is 2. The molecule has 0 spiro atoms. The van der Waals surface area contributed by atoms with Gasteiger partial charge in [-0.3, -0.25) is 9.59 Å². The lowest BCUT2D eigenvalue weighted by Gasteiger charge is -2.20. The van der Waals surface area contributed by atoms with Crippen molar-refractivity contribution >= 4 is 11.9 Å². The summed E-state index contributed by atoms with van der Waals surface area (Å²) in [5.41, 5.74) is -0.0545. The Kier molecular flexibility index (Phi) is 4.32. The van der Waals surface area contributed by atoms with Gasteiger partial charge in [-0.1, -0.05) is 12.1 Å². The van der Waals surface area contributed by atoms with E-state index in [1.807, 2.05) is 0 Å². The maximum absolute atomic E-state index is 13.5. The molecule has 0 heterocycles. The van der Waals surface area contributed by atoms with Crippen molar-refractivity contribution < 1.29 is 23.5 Å². The minimum Gasteiger partial charge on any atom is -0.480 e. The fourth-order valence-electron chi connectivity index (χ4n) is 1.99. The predicted octanol–water partition coefficient (Wildman–Crippen LogP) is 1.83. The zero-order valence-electron chi connectivity index (χ0n) is 10.8. The third-order valence-electron chi connectivity index (χ3n) is 3.23. The molecule has 6 heteroatoms. The number of rotatable bonds is 6. The fourth-order valence-corrected chi connectivity index (χ4v) is 1.99. The summed E-state index contributed by atoms with van der Waals surface area (Å²) < 4.78 is 26.6. The van der Waals surface area contributed by atoms with Gasteiger partial charge >= 0.3 is 5.97 Å². The average Bonchev–Trinajstić information content (AvgIpc) is 3.17. The molecule has 1 N–H and O–H groups in total. The van der Waals surface area contributed by atoms with Crippen LogP contribution in [0.1, 0.15) is 18.4 Å². The van der Waals surface area contributed by atoms with E-state index < -0.39 is 30.1 Å². The van der Waals surface area contributed by atoms with E-state index >= 15 is 0 Å². The summed E-state index contributed by atoms with van der Waals surface area (Å²) in [5.74, 6) is -3.34. The van der Waals surface area contributed by atoms with Crippen LogP contribution in [-0.2, 0) is 16.0 Å². The van der Waals surface area contributed by atoms with Gasteiger partial charge in [-0.25, -0.2) is 8.78 Å². The molecule has 0 bridgehead atoms. The Morgan fingerprint density at radius 3 is 2.60 bits per heavy atom. The number of carboxylic acid groups (broad SMARTS) is 1. The highest BCUT2D eigenvalue weighted by Gasteiger charge is 2.28. The number of amides is 1. The third-order valence-corrected chi connectivity index (χ3v) is 3.23. The van der Waals surface area contributed by atoms with Crippen LogP contribution in [0.25, 0.3) is 0 Å². The lowest BCUT2D eigenvalue weighted by molar-refractivity contribution is -0.144. The third kappa shape index (κ3) is 3.76. The number of nitrogens with zero attached hydrogens (tertiary/aromatic N) is 1. The second-order valence-corrected chi connectivity index (χ2v) is 5.00. The second kappa shape index (κ2) is 5.98. The maximum Gasteiger partial charge on any atom is 0.323 e. The van der Waals surface area contributed by atoms with Crippen molar-refractivity contribution in [2.75, 3.05) is 13.1 Å². The Balaban J connectivity index is 2.06. The summed E-state index contributed by atoms with van der Waals surface area (Å²) in [6.45, 7) is -0.0473. The summed E-state index contributed by atoms with van der Waals surface area (Å²) in [4.78, 5) is 24.0. The summed E-state index contributed by atoms with van der Waals surface area (Å²) in [6.07, 6.45) is 1.61. The summed E-state index contributed by atoms with van der Waals surface area (Å²) in [7, 11) is 0. The molecule has 1 amide bonds. The summed E-state index contributed by atoms with van der Waals surface area (Å²) in [6, 6.07) is 3.62. The van der Waals surface area contributed by atoms with Crippen LogP contribution in [0.5, 0.6) is 0 Å². The van der Waals surface area contributed by atoms with Crippen molar-refractivity contribution in [1.29, 1.82) is 0 Å². The standard InChI is InChI=1S/C14H15F2NO3/c15-11-3-1-2-10(14(11)16)6-12(18)17(8-13(19)20)7-9-4-5-9/h1-3,9H,4-8H2,(H,19,20). The monoisotopic (exact) mass is 283 g/mol. The zero-order valence-corrected chi connectivity index (χ0v) is 10.8. The van der Waals surface area contributed by atoms with Crippen LogP contribution in [-0.4, -0.2) is 35.0 Å². The highest BCUT2D eigenvalue weighted by Crippen LogP contribution is 2.29. The van der Waals surface area contributed by atoms with E-state index in [4.69, 9.17) is 5.11 Å². The number of benzene rings is 1. The smallest absolute Gasteiger partial charge is 0.323 e. The fraction of sp³-hybridized carbons (Fsp3) is 0.429. The maximum atomic E-state index is 13.5. The van der Waals surface area contributed by atoms with Crippen molar-refractivity contribution in [3.63, 3.8) is 0 Å². The minimum atomic E-state index is -1.11. The van der Waals surface area contributed by atoms with E-state index in [2.05, 4.69) is 0 Å². The molecule has 0 saturated heterocycles. The lowest BCUT2D eigenvalue weighted by Crippen LogP contribution is -2.38. The van der Waals surface area contributed by atoms with E-state index in [9.17, 15) is 18.4 Å². The van der Waals surface area contributed by atoms with E-state index in [1.54, 1.807) is 0 Å². The molecule has 1 saturated carbocycles.